The van der Waals surface area contributed by atoms with Gasteiger partial charge in [0.2, 0.25) is 0 Å². The molecule has 1 saturated heterocycles. The largest absolute Gasteiger partial charge is 0.322 e. The Morgan fingerprint density at radius 1 is 1.04 bits per heavy atom. The van der Waals surface area contributed by atoms with Crippen molar-refractivity contribution in [3.05, 3.63) is 59.9 Å². The van der Waals surface area contributed by atoms with Crippen molar-refractivity contribution in [3.8, 4) is 0 Å². The first-order chi connectivity index (χ1) is 12.1. The predicted molar refractivity (Wildman–Crippen MR) is 96.6 cm³/mol. The SMILES string of the molecule is CC(=O)c1ccc(NC(=O)N2CCN(Cc3ccccn3)CC2)cc1. The van der Waals surface area contributed by atoms with Gasteiger partial charge in [0.1, 0.15) is 0 Å². The fourth-order valence-electron chi connectivity index (χ4n) is 2.82. The molecule has 1 fully saturated rings. The van der Waals surface area contributed by atoms with Crippen molar-refractivity contribution in [3.63, 3.8) is 0 Å². The summed E-state index contributed by atoms with van der Waals surface area (Å²) in [4.78, 5) is 32.1. The zero-order chi connectivity index (χ0) is 17.6. The summed E-state index contributed by atoms with van der Waals surface area (Å²) in [5.74, 6) is 0.0157. The summed E-state index contributed by atoms with van der Waals surface area (Å²) in [6.45, 7) is 5.36. The molecule has 6 nitrogen and oxygen atoms in total. The highest BCUT2D eigenvalue weighted by molar-refractivity contribution is 5.95. The van der Waals surface area contributed by atoms with Crippen LogP contribution in [-0.4, -0.2) is 52.8 Å². The maximum Gasteiger partial charge on any atom is 0.321 e. The van der Waals surface area contributed by atoms with E-state index in [4.69, 9.17) is 0 Å². The molecule has 0 bridgehead atoms. The lowest BCUT2D eigenvalue weighted by atomic mass is 10.1. The van der Waals surface area contributed by atoms with Crippen molar-refractivity contribution in [2.45, 2.75) is 13.5 Å². The minimum absolute atomic E-state index is 0.0157. The third-order valence-electron chi connectivity index (χ3n) is 4.31. The van der Waals surface area contributed by atoms with E-state index in [0.717, 1.165) is 25.3 Å². The second-order valence-corrected chi connectivity index (χ2v) is 6.15. The lowest BCUT2D eigenvalue weighted by Gasteiger charge is -2.34. The van der Waals surface area contributed by atoms with Gasteiger partial charge in [-0.15, -0.1) is 0 Å². The molecule has 3 rings (SSSR count). The minimum atomic E-state index is -0.104. The van der Waals surface area contributed by atoms with Crippen LogP contribution >= 0.6 is 0 Å². The Balaban J connectivity index is 1.49. The molecular formula is C19H22N4O2. The Kier molecular flexibility index (Phi) is 5.40. The van der Waals surface area contributed by atoms with Crippen LogP contribution in [0.3, 0.4) is 0 Å². The highest BCUT2D eigenvalue weighted by atomic mass is 16.2. The van der Waals surface area contributed by atoms with E-state index in [1.807, 2.05) is 23.1 Å². The Bertz CT molecular complexity index is 723. The van der Waals surface area contributed by atoms with E-state index in [-0.39, 0.29) is 11.8 Å². The summed E-state index contributed by atoms with van der Waals surface area (Å²) >= 11 is 0. The van der Waals surface area contributed by atoms with Gasteiger partial charge in [-0.1, -0.05) is 6.07 Å². The van der Waals surface area contributed by atoms with Crippen molar-refractivity contribution in [1.29, 1.82) is 0 Å². The number of anilines is 1. The van der Waals surface area contributed by atoms with E-state index in [1.165, 1.54) is 6.92 Å². The van der Waals surface area contributed by atoms with Gasteiger partial charge in [0.25, 0.3) is 0 Å². The normalized spacial score (nSPS) is 15.0. The number of carbonyl (C=O) groups is 2. The Hall–Kier alpha value is -2.73. The molecule has 1 N–H and O–H groups in total. The molecule has 1 aliphatic heterocycles. The molecule has 1 aromatic carbocycles. The molecule has 0 atom stereocenters. The summed E-state index contributed by atoms with van der Waals surface area (Å²) in [6, 6.07) is 12.8. The number of nitrogens with one attached hydrogen (secondary N) is 1. The fraction of sp³-hybridized carbons (Fsp3) is 0.316. The Morgan fingerprint density at radius 2 is 1.76 bits per heavy atom. The second kappa shape index (κ2) is 7.90. The second-order valence-electron chi connectivity index (χ2n) is 6.15. The number of piperazine rings is 1. The molecule has 130 valence electrons. The number of Topliss-reactive ketones (excluding diaryl/α,β-unsaturated/α-hetero) is 1. The van der Waals surface area contributed by atoms with Crippen LogP contribution in [0, 0.1) is 0 Å². The highest BCUT2D eigenvalue weighted by Gasteiger charge is 2.21. The van der Waals surface area contributed by atoms with Crippen molar-refractivity contribution in [2.75, 3.05) is 31.5 Å². The number of hydrogen-bond donors (Lipinski definition) is 1. The number of hydrogen-bond acceptors (Lipinski definition) is 4. The first-order valence-corrected chi connectivity index (χ1v) is 8.41. The van der Waals surface area contributed by atoms with Crippen molar-refractivity contribution in [1.82, 2.24) is 14.8 Å². The topological polar surface area (TPSA) is 65.5 Å². The standard InChI is InChI=1S/C19H22N4O2/c1-15(24)16-5-7-17(8-6-16)21-19(25)23-12-10-22(11-13-23)14-18-4-2-3-9-20-18/h2-9H,10-14H2,1H3,(H,21,25). The van der Waals surface area contributed by atoms with E-state index in [2.05, 4.69) is 15.2 Å². The van der Waals surface area contributed by atoms with Crippen LogP contribution < -0.4 is 5.32 Å². The van der Waals surface area contributed by atoms with Gasteiger partial charge in [-0.3, -0.25) is 14.7 Å². The molecule has 2 heterocycles. The Morgan fingerprint density at radius 3 is 2.36 bits per heavy atom. The minimum Gasteiger partial charge on any atom is -0.322 e. The van der Waals surface area contributed by atoms with E-state index in [0.29, 0.717) is 24.3 Å². The maximum absolute atomic E-state index is 12.4. The highest BCUT2D eigenvalue weighted by Crippen LogP contribution is 2.12. The molecule has 1 aromatic heterocycles. The van der Waals surface area contributed by atoms with E-state index >= 15 is 0 Å². The smallest absolute Gasteiger partial charge is 0.321 e. The quantitative estimate of drug-likeness (QED) is 0.871. The number of nitrogens with zero attached hydrogens (tertiary/aromatic N) is 3. The van der Waals surface area contributed by atoms with Crippen molar-refractivity contribution >= 4 is 17.5 Å². The van der Waals surface area contributed by atoms with Gasteiger partial charge >= 0.3 is 6.03 Å². The number of ketones is 1. The Labute approximate surface area is 147 Å². The van der Waals surface area contributed by atoms with Crippen LogP contribution in [0.25, 0.3) is 0 Å². The molecule has 6 heteroatoms. The van der Waals surface area contributed by atoms with Gasteiger partial charge < -0.3 is 10.2 Å². The molecule has 0 radical (unpaired) electrons. The van der Waals surface area contributed by atoms with Gasteiger partial charge in [-0.25, -0.2) is 4.79 Å². The number of urea groups is 1. The van der Waals surface area contributed by atoms with Gasteiger partial charge in [0.15, 0.2) is 5.78 Å². The van der Waals surface area contributed by atoms with Crippen LogP contribution in [0.2, 0.25) is 0 Å². The molecule has 0 unspecified atom stereocenters. The number of aromatic nitrogens is 1. The third-order valence-corrected chi connectivity index (χ3v) is 4.31. The monoisotopic (exact) mass is 338 g/mol. The molecule has 2 aromatic rings. The molecular weight excluding hydrogens is 316 g/mol. The van der Waals surface area contributed by atoms with Gasteiger partial charge in [0, 0.05) is 50.2 Å². The van der Waals surface area contributed by atoms with Crippen LogP contribution in [0.1, 0.15) is 23.0 Å². The van der Waals surface area contributed by atoms with Crippen LogP contribution in [-0.2, 0) is 6.54 Å². The zero-order valence-electron chi connectivity index (χ0n) is 14.3. The summed E-state index contributed by atoms with van der Waals surface area (Å²) in [7, 11) is 0. The summed E-state index contributed by atoms with van der Waals surface area (Å²) in [5.41, 5.74) is 2.39. The first kappa shape index (κ1) is 17.1. The average Bonchev–Trinajstić information content (AvgIpc) is 2.63. The summed E-state index contributed by atoms with van der Waals surface area (Å²) < 4.78 is 0. The molecule has 2 amide bonds. The maximum atomic E-state index is 12.4. The number of carbonyl (C=O) groups excluding carboxylic acids is 2. The van der Waals surface area contributed by atoms with E-state index < -0.39 is 0 Å². The van der Waals surface area contributed by atoms with Crippen LogP contribution in [0.5, 0.6) is 0 Å². The van der Waals surface area contributed by atoms with E-state index in [9.17, 15) is 9.59 Å². The van der Waals surface area contributed by atoms with Gasteiger partial charge in [-0.2, -0.15) is 0 Å². The number of rotatable bonds is 4. The molecule has 25 heavy (non-hydrogen) atoms. The molecule has 0 aliphatic carbocycles. The first-order valence-electron chi connectivity index (χ1n) is 8.41. The number of benzene rings is 1. The van der Waals surface area contributed by atoms with Crippen molar-refractivity contribution in [2.24, 2.45) is 0 Å². The van der Waals surface area contributed by atoms with Gasteiger partial charge in [0.05, 0.1) is 5.69 Å². The summed E-state index contributed by atoms with van der Waals surface area (Å²) in [6.07, 6.45) is 1.80. The third kappa shape index (κ3) is 4.64. The van der Waals surface area contributed by atoms with Crippen molar-refractivity contribution < 1.29 is 9.59 Å². The number of amides is 2. The van der Waals surface area contributed by atoms with E-state index in [1.54, 1.807) is 30.5 Å². The molecule has 0 saturated carbocycles. The molecule has 1 aliphatic rings. The van der Waals surface area contributed by atoms with Crippen LogP contribution in [0.4, 0.5) is 10.5 Å². The zero-order valence-corrected chi connectivity index (χ0v) is 14.3. The number of pyridine rings is 1. The average molecular weight is 338 g/mol. The fourth-order valence-corrected chi connectivity index (χ4v) is 2.82. The van der Waals surface area contributed by atoms with Crippen LogP contribution in [0.15, 0.2) is 48.7 Å². The predicted octanol–water partition coefficient (Wildman–Crippen LogP) is 2.63. The lowest BCUT2D eigenvalue weighted by Crippen LogP contribution is -2.49. The summed E-state index contributed by atoms with van der Waals surface area (Å²) in [5, 5.41) is 2.89. The molecule has 0 spiro atoms. The van der Waals surface area contributed by atoms with Gasteiger partial charge in [-0.05, 0) is 43.3 Å². The lowest BCUT2D eigenvalue weighted by molar-refractivity contribution is 0.101.